The summed E-state index contributed by atoms with van der Waals surface area (Å²) in [5.74, 6) is -1.26. The number of nitrogens with zero attached hydrogens (tertiary/aromatic N) is 3. The fourth-order valence-electron chi connectivity index (χ4n) is 1.03. The highest BCUT2D eigenvalue weighted by molar-refractivity contribution is 5.94. The van der Waals surface area contributed by atoms with E-state index >= 15 is 0 Å². The van der Waals surface area contributed by atoms with Crippen molar-refractivity contribution in [2.45, 2.75) is 0 Å². The SMILES string of the molecule is O=C(O)c1cnn2c(O)ccnc12. The Balaban J connectivity index is 2.83. The van der Waals surface area contributed by atoms with Crippen LogP contribution in [-0.4, -0.2) is 30.8 Å². The molecule has 0 amide bonds. The van der Waals surface area contributed by atoms with Gasteiger partial charge in [-0.05, 0) is 0 Å². The lowest BCUT2D eigenvalue weighted by Gasteiger charge is -1.94. The quantitative estimate of drug-likeness (QED) is 0.649. The zero-order chi connectivity index (χ0) is 9.42. The number of carboxylic acids is 1. The molecule has 2 rings (SSSR count). The summed E-state index contributed by atoms with van der Waals surface area (Å²) < 4.78 is 1.06. The Morgan fingerprint density at radius 2 is 2.31 bits per heavy atom. The number of aromatic nitrogens is 3. The van der Waals surface area contributed by atoms with E-state index in [1.165, 1.54) is 12.3 Å². The number of hydrogen-bond donors (Lipinski definition) is 2. The Hall–Kier alpha value is -2.11. The molecular formula is C7H5N3O3. The molecule has 2 aromatic rings. The fourth-order valence-corrected chi connectivity index (χ4v) is 1.03. The van der Waals surface area contributed by atoms with E-state index in [0.29, 0.717) is 0 Å². The van der Waals surface area contributed by atoms with E-state index in [1.54, 1.807) is 0 Å². The van der Waals surface area contributed by atoms with E-state index < -0.39 is 5.97 Å². The Bertz CT molecular complexity index is 477. The van der Waals surface area contributed by atoms with Crippen LogP contribution in [0.15, 0.2) is 18.5 Å². The van der Waals surface area contributed by atoms with E-state index in [-0.39, 0.29) is 17.1 Å². The molecule has 0 aliphatic carbocycles. The van der Waals surface area contributed by atoms with Gasteiger partial charge < -0.3 is 10.2 Å². The second-order valence-corrected chi connectivity index (χ2v) is 2.40. The normalized spacial score (nSPS) is 10.5. The molecule has 0 unspecified atom stereocenters. The Kier molecular flexibility index (Phi) is 1.42. The summed E-state index contributed by atoms with van der Waals surface area (Å²) in [5.41, 5.74) is 0.100. The molecular weight excluding hydrogens is 174 g/mol. The summed E-state index contributed by atoms with van der Waals surface area (Å²) in [6.45, 7) is 0. The number of carbonyl (C=O) groups is 1. The van der Waals surface area contributed by atoms with Crippen LogP contribution in [0.3, 0.4) is 0 Å². The highest BCUT2D eigenvalue weighted by Gasteiger charge is 2.13. The molecule has 13 heavy (non-hydrogen) atoms. The molecule has 2 aromatic heterocycles. The van der Waals surface area contributed by atoms with Crippen molar-refractivity contribution in [3.05, 3.63) is 24.0 Å². The van der Waals surface area contributed by atoms with Crippen LogP contribution in [0.5, 0.6) is 5.88 Å². The van der Waals surface area contributed by atoms with Gasteiger partial charge in [0, 0.05) is 12.3 Å². The molecule has 0 spiro atoms. The van der Waals surface area contributed by atoms with Crippen LogP contribution in [0.4, 0.5) is 0 Å². The number of fused-ring (bicyclic) bond motifs is 1. The van der Waals surface area contributed by atoms with Gasteiger partial charge in [-0.25, -0.2) is 9.78 Å². The highest BCUT2D eigenvalue weighted by atomic mass is 16.4. The molecule has 2 N–H and O–H groups in total. The van der Waals surface area contributed by atoms with Gasteiger partial charge in [-0.15, -0.1) is 0 Å². The lowest BCUT2D eigenvalue weighted by atomic mass is 10.3. The Morgan fingerprint density at radius 3 is 3.00 bits per heavy atom. The number of aromatic hydroxyl groups is 1. The molecule has 0 saturated heterocycles. The van der Waals surface area contributed by atoms with Crippen LogP contribution in [0.2, 0.25) is 0 Å². The molecule has 0 aliphatic heterocycles. The maximum atomic E-state index is 10.6. The van der Waals surface area contributed by atoms with E-state index in [4.69, 9.17) is 5.11 Å². The first kappa shape index (κ1) is 7.53. The molecule has 0 bridgehead atoms. The van der Waals surface area contributed by atoms with Crippen LogP contribution in [0.25, 0.3) is 5.65 Å². The zero-order valence-corrected chi connectivity index (χ0v) is 6.38. The topological polar surface area (TPSA) is 87.7 Å². The van der Waals surface area contributed by atoms with Crippen molar-refractivity contribution in [3.63, 3.8) is 0 Å². The summed E-state index contributed by atoms with van der Waals surface area (Å²) in [4.78, 5) is 14.4. The first-order chi connectivity index (χ1) is 6.20. The molecule has 0 fully saturated rings. The van der Waals surface area contributed by atoms with Gasteiger partial charge in [0.25, 0.3) is 0 Å². The number of carboxylic acid groups (broad SMARTS) is 1. The van der Waals surface area contributed by atoms with Crippen LogP contribution < -0.4 is 0 Å². The zero-order valence-electron chi connectivity index (χ0n) is 6.38. The molecule has 2 heterocycles. The van der Waals surface area contributed by atoms with Crippen LogP contribution in [0.1, 0.15) is 10.4 Å². The predicted molar refractivity (Wildman–Crippen MR) is 41.6 cm³/mol. The molecule has 0 aromatic carbocycles. The van der Waals surface area contributed by atoms with Gasteiger partial charge in [0.15, 0.2) is 5.65 Å². The van der Waals surface area contributed by atoms with Gasteiger partial charge in [-0.1, -0.05) is 0 Å². The molecule has 6 heteroatoms. The van der Waals surface area contributed by atoms with Crippen LogP contribution in [0, 0.1) is 0 Å². The predicted octanol–water partition coefficient (Wildman–Crippen LogP) is 0.133. The summed E-state index contributed by atoms with van der Waals surface area (Å²) >= 11 is 0. The minimum absolute atomic E-state index is 0.0316. The minimum Gasteiger partial charge on any atom is -0.493 e. The maximum absolute atomic E-state index is 10.6. The average molecular weight is 179 g/mol. The van der Waals surface area contributed by atoms with Crippen LogP contribution in [-0.2, 0) is 0 Å². The molecule has 0 radical (unpaired) electrons. The highest BCUT2D eigenvalue weighted by Crippen LogP contribution is 2.13. The molecule has 0 atom stereocenters. The van der Waals surface area contributed by atoms with Gasteiger partial charge in [0.2, 0.25) is 5.88 Å². The molecule has 0 aliphatic rings. The Morgan fingerprint density at radius 1 is 1.54 bits per heavy atom. The minimum atomic E-state index is -1.12. The van der Waals surface area contributed by atoms with E-state index in [1.807, 2.05) is 0 Å². The molecule has 66 valence electrons. The second kappa shape index (κ2) is 2.44. The fraction of sp³-hybridized carbons (Fsp3) is 0. The lowest BCUT2D eigenvalue weighted by Crippen LogP contribution is -1.97. The third-order valence-electron chi connectivity index (χ3n) is 1.61. The summed E-state index contributed by atoms with van der Waals surface area (Å²) in [5, 5.41) is 21.6. The molecule has 6 nitrogen and oxygen atoms in total. The van der Waals surface area contributed by atoms with Crippen molar-refractivity contribution in [3.8, 4) is 5.88 Å². The van der Waals surface area contributed by atoms with Crippen molar-refractivity contribution in [1.82, 2.24) is 14.6 Å². The Labute approximate surface area is 72.1 Å². The van der Waals surface area contributed by atoms with Crippen molar-refractivity contribution < 1.29 is 15.0 Å². The number of aromatic carboxylic acids is 1. The van der Waals surface area contributed by atoms with Gasteiger partial charge >= 0.3 is 5.97 Å². The summed E-state index contributed by atoms with van der Waals surface area (Å²) in [7, 11) is 0. The number of rotatable bonds is 1. The second-order valence-electron chi connectivity index (χ2n) is 2.40. The standard InChI is InChI=1S/C7H5N3O3/c11-5-1-2-8-6-4(7(12)13)3-9-10(5)6/h1-3,11H,(H,12,13). The van der Waals surface area contributed by atoms with Gasteiger partial charge in [-0.3, -0.25) is 0 Å². The van der Waals surface area contributed by atoms with Gasteiger partial charge in [0.05, 0.1) is 6.20 Å². The van der Waals surface area contributed by atoms with Crippen molar-refractivity contribution in [2.24, 2.45) is 0 Å². The average Bonchev–Trinajstić information content (AvgIpc) is 2.48. The van der Waals surface area contributed by atoms with Crippen molar-refractivity contribution >= 4 is 11.6 Å². The first-order valence-corrected chi connectivity index (χ1v) is 3.45. The number of hydrogen-bond acceptors (Lipinski definition) is 4. The largest absolute Gasteiger partial charge is 0.493 e. The summed E-state index contributed by atoms with van der Waals surface area (Å²) in [6, 6.07) is 1.33. The molecule has 0 saturated carbocycles. The van der Waals surface area contributed by atoms with Crippen molar-refractivity contribution in [2.75, 3.05) is 0 Å². The van der Waals surface area contributed by atoms with Crippen molar-refractivity contribution in [1.29, 1.82) is 0 Å². The summed E-state index contributed by atoms with van der Waals surface area (Å²) in [6.07, 6.45) is 2.46. The van der Waals surface area contributed by atoms with Gasteiger partial charge in [-0.2, -0.15) is 9.61 Å². The first-order valence-electron chi connectivity index (χ1n) is 3.45. The van der Waals surface area contributed by atoms with E-state index in [2.05, 4.69) is 10.1 Å². The monoisotopic (exact) mass is 179 g/mol. The van der Waals surface area contributed by atoms with E-state index in [0.717, 1.165) is 10.7 Å². The smallest absolute Gasteiger partial charge is 0.341 e. The lowest BCUT2D eigenvalue weighted by molar-refractivity contribution is 0.0699. The van der Waals surface area contributed by atoms with E-state index in [9.17, 15) is 9.90 Å². The van der Waals surface area contributed by atoms with Crippen LogP contribution >= 0.6 is 0 Å². The third-order valence-corrected chi connectivity index (χ3v) is 1.61. The maximum Gasteiger partial charge on any atom is 0.341 e. The van der Waals surface area contributed by atoms with Gasteiger partial charge in [0.1, 0.15) is 5.56 Å². The third kappa shape index (κ3) is 0.994.